The number of hydrogen-bond acceptors (Lipinski definition) is 6. The van der Waals surface area contributed by atoms with Crippen LogP contribution in [0, 0.1) is 0 Å². The summed E-state index contributed by atoms with van der Waals surface area (Å²) < 4.78 is 9.64. The monoisotopic (exact) mass is 324 g/mol. The number of imide groups is 1. The number of urea groups is 1. The third-order valence-electron chi connectivity index (χ3n) is 3.00. The van der Waals surface area contributed by atoms with Gasteiger partial charge < -0.3 is 19.9 Å². The van der Waals surface area contributed by atoms with Gasteiger partial charge in [0.05, 0.1) is 7.11 Å². The Bertz CT molecular complexity index is 587. The van der Waals surface area contributed by atoms with E-state index in [1.165, 1.54) is 25.3 Å². The maximum absolute atomic E-state index is 11.8. The Morgan fingerprint density at radius 2 is 2.00 bits per heavy atom. The molecular weight excluding hydrogens is 304 g/mol. The summed E-state index contributed by atoms with van der Waals surface area (Å²) in [6, 6.07) is 3.28. The van der Waals surface area contributed by atoms with E-state index in [-0.39, 0.29) is 17.4 Å². The molecule has 0 spiro atoms. The van der Waals surface area contributed by atoms with Gasteiger partial charge in [-0.2, -0.15) is 0 Å². The summed E-state index contributed by atoms with van der Waals surface area (Å²) in [5, 5.41) is 14.3. The SMILES string of the molecule is CC[C@H](C)NC(=O)NC(=O)COC(=O)c1ccc(OC)cc1O. The zero-order valence-electron chi connectivity index (χ0n) is 13.2. The predicted molar refractivity (Wildman–Crippen MR) is 81.4 cm³/mol. The molecule has 0 saturated carbocycles. The lowest BCUT2D eigenvalue weighted by Crippen LogP contribution is -2.44. The number of carbonyl (C=O) groups excluding carboxylic acids is 3. The molecule has 8 nitrogen and oxygen atoms in total. The van der Waals surface area contributed by atoms with E-state index in [1.54, 1.807) is 6.92 Å². The van der Waals surface area contributed by atoms with Gasteiger partial charge in [0.2, 0.25) is 0 Å². The molecule has 8 heteroatoms. The molecule has 1 atom stereocenters. The summed E-state index contributed by atoms with van der Waals surface area (Å²) >= 11 is 0. The normalized spacial score (nSPS) is 11.3. The molecule has 1 aromatic rings. The van der Waals surface area contributed by atoms with Crippen molar-refractivity contribution in [2.75, 3.05) is 13.7 Å². The van der Waals surface area contributed by atoms with Crippen molar-refractivity contribution in [2.24, 2.45) is 0 Å². The highest BCUT2D eigenvalue weighted by Gasteiger charge is 2.16. The Kier molecular flexibility index (Phi) is 6.85. The van der Waals surface area contributed by atoms with Crippen molar-refractivity contribution in [1.82, 2.24) is 10.6 Å². The molecule has 0 fully saturated rings. The summed E-state index contributed by atoms with van der Waals surface area (Å²) in [6.45, 7) is 3.03. The number of aromatic hydroxyl groups is 1. The van der Waals surface area contributed by atoms with Gasteiger partial charge in [0, 0.05) is 12.1 Å². The van der Waals surface area contributed by atoms with Gasteiger partial charge in [0.25, 0.3) is 5.91 Å². The van der Waals surface area contributed by atoms with Crippen molar-refractivity contribution >= 4 is 17.9 Å². The summed E-state index contributed by atoms with van der Waals surface area (Å²) in [4.78, 5) is 34.7. The summed E-state index contributed by atoms with van der Waals surface area (Å²) in [5.41, 5.74) is -0.109. The Morgan fingerprint density at radius 3 is 2.57 bits per heavy atom. The van der Waals surface area contributed by atoms with Crippen LogP contribution in [0.25, 0.3) is 0 Å². The lowest BCUT2D eigenvalue weighted by molar-refractivity contribution is -0.123. The lowest BCUT2D eigenvalue weighted by Gasteiger charge is -2.12. The highest BCUT2D eigenvalue weighted by Crippen LogP contribution is 2.23. The van der Waals surface area contributed by atoms with Gasteiger partial charge in [-0.15, -0.1) is 0 Å². The number of hydrogen-bond donors (Lipinski definition) is 3. The molecule has 23 heavy (non-hydrogen) atoms. The molecule has 0 bridgehead atoms. The molecule has 0 aromatic heterocycles. The number of ether oxygens (including phenoxy) is 2. The topological polar surface area (TPSA) is 114 Å². The molecule has 0 saturated heterocycles. The number of benzene rings is 1. The van der Waals surface area contributed by atoms with Gasteiger partial charge in [-0.1, -0.05) is 6.92 Å². The second-order valence-corrected chi connectivity index (χ2v) is 4.79. The van der Waals surface area contributed by atoms with E-state index >= 15 is 0 Å². The largest absolute Gasteiger partial charge is 0.507 e. The third kappa shape index (κ3) is 5.85. The first-order valence-corrected chi connectivity index (χ1v) is 7.01. The van der Waals surface area contributed by atoms with E-state index < -0.39 is 24.5 Å². The fourth-order valence-electron chi connectivity index (χ4n) is 1.54. The predicted octanol–water partition coefficient (Wildman–Crippen LogP) is 1.18. The van der Waals surface area contributed by atoms with E-state index in [4.69, 9.17) is 9.47 Å². The molecule has 1 aromatic carbocycles. The minimum Gasteiger partial charge on any atom is -0.507 e. The third-order valence-corrected chi connectivity index (χ3v) is 3.00. The number of esters is 1. The molecule has 3 amide bonds. The molecule has 0 unspecified atom stereocenters. The van der Waals surface area contributed by atoms with E-state index in [2.05, 4.69) is 5.32 Å². The quantitative estimate of drug-likeness (QED) is 0.677. The van der Waals surface area contributed by atoms with Crippen LogP contribution in [0.5, 0.6) is 11.5 Å². The van der Waals surface area contributed by atoms with E-state index in [9.17, 15) is 19.5 Å². The van der Waals surface area contributed by atoms with Crippen molar-refractivity contribution in [2.45, 2.75) is 26.3 Å². The second kappa shape index (κ2) is 8.62. The molecule has 3 N–H and O–H groups in total. The minimum atomic E-state index is -0.886. The average Bonchev–Trinajstić information content (AvgIpc) is 2.51. The maximum atomic E-state index is 11.8. The van der Waals surface area contributed by atoms with Gasteiger partial charge in [0.1, 0.15) is 17.1 Å². The summed E-state index contributed by atoms with van der Waals surface area (Å²) in [5.74, 6) is -1.61. The van der Waals surface area contributed by atoms with Crippen LogP contribution in [-0.4, -0.2) is 42.8 Å². The Hall–Kier alpha value is -2.77. The lowest BCUT2D eigenvalue weighted by atomic mass is 10.2. The zero-order valence-corrected chi connectivity index (χ0v) is 13.2. The van der Waals surface area contributed by atoms with Crippen LogP contribution in [0.4, 0.5) is 4.79 Å². The Morgan fingerprint density at radius 1 is 1.30 bits per heavy atom. The Labute approximate surface area is 133 Å². The number of phenols is 1. The van der Waals surface area contributed by atoms with Crippen LogP contribution in [0.1, 0.15) is 30.6 Å². The molecule has 126 valence electrons. The molecule has 0 aliphatic rings. The van der Waals surface area contributed by atoms with Crippen molar-refractivity contribution < 1.29 is 29.0 Å². The number of carbonyl (C=O) groups is 3. The first-order chi connectivity index (χ1) is 10.9. The van der Waals surface area contributed by atoms with Crippen molar-refractivity contribution in [3.05, 3.63) is 23.8 Å². The number of phenolic OH excluding ortho intramolecular Hbond substituents is 1. The van der Waals surface area contributed by atoms with Crippen molar-refractivity contribution in [1.29, 1.82) is 0 Å². The van der Waals surface area contributed by atoms with Gasteiger partial charge in [0.15, 0.2) is 6.61 Å². The van der Waals surface area contributed by atoms with Crippen LogP contribution in [0.15, 0.2) is 18.2 Å². The van der Waals surface area contributed by atoms with Crippen LogP contribution in [0.2, 0.25) is 0 Å². The zero-order chi connectivity index (χ0) is 17.4. The standard InChI is InChI=1S/C15H20N2O6/c1-4-9(2)16-15(21)17-13(19)8-23-14(20)11-6-5-10(22-3)7-12(11)18/h5-7,9,18H,4,8H2,1-3H3,(H2,16,17,19,21)/t9-/m0/s1. The van der Waals surface area contributed by atoms with Crippen molar-refractivity contribution in [3.63, 3.8) is 0 Å². The number of nitrogens with one attached hydrogen (secondary N) is 2. The number of rotatable bonds is 6. The fraction of sp³-hybridized carbons (Fsp3) is 0.400. The van der Waals surface area contributed by atoms with Crippen LogP contribution >= 0.6 is 0 Å². The maximum Gasteiger partial charge on any atom is 0.342 e. The fourth-order valence-corrected chi connectivity index (χ4v) is 1.54. The molecular formula is C15H20N2O6. The summed E-state index contributed by atoms with van der Waals surface area (Å²) in [7, 11) is 1.42. The van der Waals surface area contributed by atoms with Gasteiger partial charge >= 0.3 is 12.0 Å². The Balaban J connectivity index is 2.49. The first-order valence-electron chi connectivity index (χ1n) is 7.01. The molecule has 0 radical (unpaired) electrons. The van der Waals surface area contributed by atoms with Crippen LogP contribution in [-0.2, 0) is 9.53 Å². The van der Waals surface area contributed by atoms with Gasteiger partial charge in [-0.25, -0.2) is 9.59 Å². The second-order valence-electron chi connectivity index (χ2n) is 4.79. The minimum absolute atomic E-state index is 0.0819. The number of methoxy groups -OCH3 is 1. The first kappa shape index (κ1) is 18.3. The van der Waals surface area contributed by atoms with Gasteiger partial charge in [-0.05, 0) is 25.5 Å². The number of amides is 3. The van der Waals surface area contributed by atoms with Crippen LogP contribution in [0.3, 0.4) is 0 Å². The highest BCUT2D eigenvalue weighted by atomic mass is 16.5. The van der Waals surface area contributed by atoms with E-state index in [0.29, 0.717) is 12.2 Å². The molecule has 1 rings (SSSR count). The van der Waals surface area contributed by atoms with Gasteiger partial charge in [-0.3, -0.25) is 10.1 Å². The molecule has 0 aliphatic carbocycles. The van der Waals surface area contributed by atoms with Crippen LogP contribution < -0.4 is 15.4 Å². The molecule has 0 heterocycles. The van der Waals surface area contributed by atoms with E-state index in [0.717, 1.165) is 0 Å². The average molecular weight is 324 g/mol. The summed E-state index contributed by atoms with van der Waals surface area (Å²) in [6.07, 6.45) is 0.716. The van der Waals surface area contributed by atoms with E-state index in [1.807, 2.05) is 12.2 Å². The van der Waals surface area contributed by atoms with Crippen molar-refractivity contribution in [3.8, 4) is 11.5 Å². The smallest absolute Gasteiger partial charge is 0.342 e. The highest BCUT2D eigenvalue weighted by molar-refractivity contribution is 5.97. The molecule has 0 aliphatic heterocycles.